The molecule has 4 aromatic heterocycles. The molecule has 0 spiro atoms. The molecule has 378 valence electrons. The number of H-pyrrole nitrogens is 1. The van der Waals surface area contributed by atoms with E-state index in [1.54, 1.807) is 12.7 Å². The summed E-state index contributed by atoms with van der Waals surface area (Å²) < 4.78 is 62.8. The number of nitrogens with zero attached hydrogens (tertiary/aromatic N) is 7. The van der Waals surface area contributed by atoms with Crippen LogP contribution in [-0.2, 0) is 37.9 Å². The first-order valence-corrected chi connectivity index (χ1v) is 27.8. The molecule has 0 bridgehead atoms. The van der Waals surface area contributed by atoms with Crippen LogP contribution in [0.5, 0.6) is 0 Å². The molecule has 19 heteroatoms. The van der Waals surface area contributed by atoms with E-state index < -0.39 is 20.0 Å². The van der Waals surface area contributed by atoms with Crippen LogP contribution in [0.2, 0.25) is 0 Å². The van der Waals surface area contributed by atoms with Crippen LogP contribution in [0, 0.1) is 11.8 Å². The molecular formula is C53H64N12O5S2. The van der Waals surface area contributed by atoms with E-state index in [4.69, 9.17) is 14.7 Å². The zero-order valence-electron chi connectivity index (χ0n) is 41.1. The Balaban J connectivity index is 0.000000195. The van der Waals surface area contributed by atoms with E-state index in [9.17, 15) is 16.8 Å². The average Bonchev–Trinajstić information content (AvgIpc) is 4.05. The van der Waals surface area contributed by atoms with Gasteiger partial charge < -0.3 is 20.4 Å². The number of rotatable bonds is 21. The zero-order chi connectivity index (χ0) is 50.5. The van der Waals surface area contributed by atoms with Crippen LogP contribution in [0.1, 0.15) is 98.9 Å². The van der Waals surface area contributed by atoms with Crippen LogP contribution in [0.3, 0.4) is 0 Å². The molecule has 1 unspecified atom stereocenters. The van der Waals surface area contributed by atoms with E-state index in [2.05, 4.69) is 93.5 Å². The first kappa shape index (κ1) is 51.7. The van der Waals surface area contributed by atoms with Gasteiger partial charge in [-0.3, -0.25) is 4.57 Å². The lowest BCUT2D eigenvalue weighted by atomic mass is 9.91. The molecule has 0 saturated carbocycles. The normalized spacial score (nSPS) is 14.3. The van der Waals surface area contributed by atoms with E-state index in [1.165, 1.54) is 22.3 Å². The first-order valence-electron chi connectivity index (χ1n) is 24.5. The van der Waals surface area contributed by atoms with Crippen molar-refractivity contribution in [3.8, 4) is 0 Å². The Labute approximate surface area is 422 Å². The van der Waals surface area contributed by atoms with Gasteiger partial charge in [0, 0.05) is 31.5 Å². The summed E-state index contributed by atoms with van der Waals surface area (Å²) in [5.74, 6) is 2.23. The number of nitrogens with one attached hydrogen (secondary N) is 5. The van der Waals surface area contributed by atoms with E-state index in [1.807, 2.05) is 105 Å². The predicted molar refractivity (Wildman–Crippen MR) is 283 cm³/mol. The number of hydrogen-bond donors (Lipinski definition) is 5. The number of ether oxygens (including phenoxy) is 1. The first-order chi connectivity index (χ1) is 34.8. The minimum Gasteiger partial charge on any atom is -0.367 e. The number of benzene rings is 4. The van der Waals surface area contributed by atoms with Crippen LogP contribution in [0.4, 0.5) is 11.6 Å². The van der Waals surface area contributed by atoms with Gasteiger partial charge in [0.15, 0.2) is 28.4 Å². The van der Waals surface area contributed by atoms with Gasteiger partial charge >= 0.3 is 0 Å². The smallest absolute Gasteiger partial charge is 0.212 e. The maximum absolute atomic E-state index is 12.5. The Morgan fingerprint density at radius 3 is 1.56 bits per heavy atom. The molecule has 5 heterocycles. The second-order valence-electron chi connectivity index (χ2n) is 18.7. The summed E-state index contributed by atoms with van der Waals surface area (Å²) in [5, 5.41) is 6.97. The molecule has 72 heavy (non-hydrogen) atoms. The second-order valence-corrected chi connectivity index (χ2v) is 22.4. The highest BCUT2D eigenvalue weighted by Crippen LogP contribution is 2.31. The molecule has 17 nitrogen and oxygen atoms in total. The summed E-state index contributed by atoms with van der Waals surface area (Å²) in [4.78, 5) is 30.5. The lowest BCUT2D eigenvalue weighted by Gasteiger charge is -2.24. The fraction of sp³-hybridized carbons (Fsp3) is 0.358. The molecule has 1 aliphatic heterocycles. The Morgan fingerprint density at radius 2 is 1.08 bits per heavy atom. The Hall–Kier alpha value is -6.64. The molecular weight excluding hydrogens is 949 g/mol. The van der Waals surface area contributed by atoms with Crippen LogP contribution in [-0.4, -0.2) is 87.5 Å². The van der Waals surface area contributed by atoms with Crippen LogP contribution in [0.15, 0.2) is 134 Å². The van der Waals surface area contributed by atoms with Crippen molar-refractivity contribution in [3.63, 3.8) is 0 Å². The lowest BCUT2D eigenvalue weighted by molar-refractivity contribution is -0.0298. The zero-order valence-corrected chi connectivity index (χ0v) is 42.8. The monoisotopic (exact) mass is 1010 g/mol. The minimum atomic E-state index is -3.46. The molecule has 9 rings (SSSR count). The molecule has 1 fully saturated rings. The van der Waals surface area contributed by atoms with E-state index >= 15 is 0 Å². The lowest BCUT2D eigenvalue weighted by Crippen LogP contribution is -2.29. The van der Waals surface area contributed by atoms with Gasteiger partial charge in [0.05, 0.1) is 37.2 Å². The Kier molecular flexibility index (Phi) is 17.4. The fourth-order valence-electron chi connectivity index (χ4n) is 8.74. The third kappa shape index (κ3) is 14.1. The van der Waals surface area contributed by atoms with E-state index in [-0.39, 0.29) is 54.5 Å². The van der Waals surface area contributed by atoms with Crippen molar-refractivity contribution in [2.75, 3.05) is 41.8 Å². The number of fused-ring (bicyclic) bond motifs is 2. The average molecular weight is 1010 g/mol. The molecule has 1 aliphatic rings. The molecule has 0 amide bonds. The molecule has 1 saturated heterocycles. The topological polar surface area (TPSA) is 224 Å². The maximum atomic E-state index is 12.5. The fourth-order valence-corrected chi connectivity index (χ4v) is 11.4. The molecule has 4 aromatic carbocycles. The quantitative estimate of drug-likeness (QED) is 0.0456. The molecule has 5 N–H and O–H groups in total. The predicted octanol–water partition coefficient (Wildman–Crippen LogP) is 8.52. The van der Waals surface area contributed by atoms with Gasteiger partial charge in [-0.05, 0) is 53.4 Å². The van der Waals surface area contributed by atoms with Gasteiger partial charge in [0.1, 0.15) is 23.4 Å². The molecule has 8 aromatic rings. The molecule has 0 radical (unpaired) electrons. The van der Waals surface area contributed by atoms with Gasteiger partial charge in [-0.25, -0.2) is 56.2 Å². The summed E-state index contributed by atoms with van der Waals surface area (Å²) in [6.45, 7) is 9.35. The summed E-state index contributed by atoms with van der Waals surface area (Å²) in [6.07, 6.45) is 6.13. The third-order valence-corrected chi connectivity index (χ3v) is 15.4. The number of aromatic amines is 1. The van der Waals surface area contributed by atoms with Crippen molar-refractivity contribution in [1.82, 2.24) is 48.9 Å². The number of hydrogen-bond acceptors (Lipinski definition) is 13. The van der Waals surface area contributed by atoms with Crippen LogP contribution >= 0.6 is 0 Å². The Morgan fingerprint density at radius 1 is 0.611 bits per heavy atom. The van der Waals surface area contributed by atoms with Crippen molar-refractivity contribution in [2.45, 2.75) is 78.1 Å². The number of imidazole rings is 2. The molecule has 1 atom stereocenters. The summed E-state index contributed by atoms with van der Waals surface area (Å²) >= 11 is 0. The summed E-state index contributed by atoms with van der Waals surface area (Å²) in [5.41, 5.74) is 7.19. The Bertz CT molecular complexity index is 3110. The second kappa shape index (κ2) is 24.2. The summed E-state index contributed by atoms with van der Waals surface area (Å²) in [6, 6.07) is 41.3. The largest absolute Gasteiger partial charge is 0.367 e. The highest BCUT2D eigenvalue weighted by atomic mass is 32.2. The number of aromatic nitrogens is 8. The van der Waals surface area contributed by atoms with Gasteiger partial charge in [-0.1, -0.05) is 149 Å². The van der Waals surface area contributed by atoms with Crippen LogP contribution < -0.4 is 20.1 Å². The highest BCUT2D eigenvalue weighted by molar-refractivity contribution is 7.89. The SMILES string of the molecule is CC(C)CS(=O)(=O)NCc1nc(NCC(c2ccccc2)c2ccccc2)c2[nH]cnc2n1.CC(C)CS(=O)(=O)NCc1nc(NCC(c2ccccc2)c2ccccc2)c2ncn(C3CCCCO3)c2n1. The maximum Gasteiger partial charge on any atom is 0.212 e. The van der Waals surface area contributed by atoms with Crippen molar-refractivity contribution in [2.24, 2.45) is 11.8 Å². The minimum absolute atomic E-state index is 0.00280. The van der Waals surface area contributed by atoms with Crippen molar-refractivity contribution in [3.05, 3.63) is 168 Å². The third-order valence-electron chi connectivity index (χ3n) is 12.0. The van der Waals surface area contributed by atoms with Gasteiger partial charge in [0.25, 0.3) is 0 Å². The highest BCUT2D eigenvalue weighted by Gasteiger charge is 2.24. The van der Waals surface area contributed by atoms with Crippen molar-refractivity contribution < 1.29 is 21.6 Å². The van der Waals surface area contributed by atoms with E-state index in [0.717, 1.165) is 19.3 Å². The van der Waals surface area contributed by atoms with Gasteiger partial charge in [-0.2, -0.15) is 0 Å². The van der Waals surface area contributed by atoms with Gasteiger partial charge in [0.2, 0.25) is 20.0 Å². The summed E-state index contributed by atoms with van der Waals surface area (Å²) in [7, 11) is -6.87. The van der Waals surface area contributed by atoms with Crippen LogP contribution in [0.25, 0.3) is 22.3 Å². The van der Waals surface area contributed by atoms with Crippen molar-refractivity contribution in [1.29, 1.82) is 0 Å². The van der Waals surface area contributed by atoms with E-state index in [0.29, 0.717) is 65.3 Å². The standard InChI is InChI=1S/C29H36N6O3S.C24H28N6O2S/c1-21(2)19-39(36,37)32-18-25-33-28(27-29(34-25)35(20-31-27)26-15-9-10-16-38-26)30-17-24(22-11-5-3-6-12-22)23-13-7-4-8-14-23;1-17(2)15-33(31,32)28-14-21-29-23(22-24(30-21)27-16-26-22)25-13-20(18-9-5-3-6-10-18)19-11-7-4-8-12-19/h3-8,11-14,20-21,24,26,32H,9-10,15-19H2,1-2H3,(H,30,33,34);3-12,16-17,20,28H,13-15H2,1-2H3,(H2,25,26,27,29,30). The number of sulfonamides is 2. The van der Waals surface area contributed by atoms with Crippen molar-refractivity contribution >= 4 is 54.0 Å². The molecule has 0 aliphatic carbocycles. The van der Waals surface area contributed by atoms with Gasteiger partial charge in [-0.15, -0.1) is 0 Å². The number of anilines is 2.